The van der Waals surface area contributed by atoms with Gasteiger partial charge in [0, 0.05) is 11.0 Å². The van der Waals surface area contributed by atoms with Crippen LogP contribution in [0.2, 0.25) is 0 Å². The summed E-state index contributed by atoms with van der Waals surface area (Å²) in [5, 5.41) is 9.82. The number of amides is 1. The van der Waals surface area contributed by atoms with Crippen LogP contribution in [0.1, 0.15) is 17.3 Å². The van der Waals surface area contributed by atoms with Gasteiger partial charge in [0.1, 0.15) is 5.75 Å². The second kappa shape index (κ2) is 6.11. The number of halogens is 2. The second-order valence-corrected chi connectivity index (χ2v) is 5.80. The van der Waals surface area contributed by atoms with Gasteiger partial charge >= 0.3 is 0 Å². The predicted molar refractivity (Wildman–Crippen MR) is 76.8 cm³/mol. The highest BCUT2D eigenvalue weighted by Gasteiger charge is 2.30. The van der Waals surface area contributed by atoms with Gasteiger partial charge in [0.15, 0.2) is 0 Å². The number of phenols is 1. The zero-order valence-corrected chi connectivity index (χ0v) is 12.8. The molecule has 0 aromatic heterocycles. The Hall–Kier alpha value is -0.780. The van der Waals surface area contributed by atoms with Crippen molar-refractivity contribution in [1.29, 1.82) is 0 Å². The number of carbonyl (C=O) groups excluding carboxylic acids is 1. The molecule has 0 aliphatic carbocycles. The fourth-order valence-electron chi connectivity index (χ4n) is 2.03. The van der Waals surface area contributed by atoms with E-state index in [1.807, 2.05) is 6.92 Å². The van der Waals surface area contributed by atoms with Crippen LogP contribution in [0.3, 0.4) is 0 Å². The molecule has 1 aromatic carbocycles. The number of carbonyl (C=O) groups is 1. The quantitative estimate of drug-likeness (QED) is 0.836. The van der Waals surface area contributed by atoms with Gasteiger partial charge in [0.2, 0.25) is 0 Å². The predicted octanol–water partition coefficient (Wildman–Crippen LogP) is 2.62. The fraction of sp³-hybridized carbons (Fsp3) is 0.462. The summed E-state index contributed by atoms with van der Waals surface area (Å²) >= 11 is 9.08. The number of aromatic hydroxyl groups is 1. The zero-order chi connectivity index (χ0) is 14.0. The smallest absolute Gasteiger partial charge is 0.258 e. The van der Waals surface area contributed by atoms with Crippen LogP contribution in [0.4, 0.5) is 0 Å². The number of ether oxygens (including phenoxy) is 1. The van der Waals surface area contributed by atoms with Gasteiger partial charge in [-0.1, -0.05) is 15.9 Å². The third kappa shape index (κ3) is 3.22. The topological polar surface area (TPSA) is 49.8 Å². The number of morpholine rings is 1. The standard InChI is InChI=1S/C13H15BrClNO3/c1-8-7-19-10(5-15)6-16(8)13(18)11-4-9(14)2-3-12(11)17/h2-4,8,10,17H,5-7H2,1H3. The number of hydrogen-bond acceptors (Lipinski definition) is 3. The lowest BCUT2D eigenvalue weighted by Crippen LogP contribution is -2.51. The molecule has 0 saturated carbocycles. The van der Waals surface area contributed by atoms with Gasteiger partial charge in [0.05, 0.1) is 30.2 Å². The molecule has 2 rings (SSSR count). The molecule has 1 saturated heterocycles. The van der Waals surface area contributed by atoms with Crippen LogP contribution in [0.25, 0.3) is 0 Å². The second-order valence-electron chi connectivity index (χ2n) is 4.58. The first-order valence-corrected chi connectivity index (χ1v) is 7.32. The Bertz CT molecular complexity index is 483. The third-order valence-corrected chi connectivity index (χ3v) is 3.96. The lowest BCUT2D eigenvalue weighted by molar-refractivity contribution is -0.0372. The molecule has 2 atom stereocenters. The van der Waals surface area contributed by atoms with E-state index < -0.39 is 0 Å². The minimum absolute atomic E-state index is 0.0192. The van der Waals surface area contributed by atoms with Crippen molar-refractivity contribution in [2.24, 2.45) is 0 Å². The molecule has 104 valence electrons. The molecule has 1 amide bonds. The summed E-state index contributed by atoms with van der Waals surface area (Å²) in [4.78, 5) is 14.2. The van der Waals surface area contributed by atoms with Crippen LogP contribution in [-0.2, 0) is 4.74 Å². The maximum absolute atomic E-state index is 12.5. The Labute approximate surface area is 125 Å². The van der Waals surface area contributed by atoms with Gasteiger partial charge in [-0.05, 0) is 25.1 Å². The van der Waals surface area contributed by atoms with E-state index in [1.165, 1.54) is 6.07 Å². The molecule has 1 aliphatic heterocycles. The largest absolute Gasteiger partial charge is 0.507 e. The summed E-state index contributed by atoms with van der Waals surface area (Å²) < 4.78 is 6.27. The maximum atomic E-state index is 12.5. The lowest BCUT2D eigenvalue weighted by atomic mass is 10.1. The molecule has 0 spiro atoms. The summed E-state index contributed by atoms with van der Waals surface area (Å²) in [6.07, 6.45) is -0.156. The van der Waals surface area contributed by atoms with Crippen molar-refractivity contribution in [3.63, 3.8) is 0 Å². The van der Waals surface area contributed by atoms with E-state index in [-0.39, 0.29) is 29.4 Å². The van der Waals surface area contributed by atoms with Gasteiger partial charge in [-0.2, -0.15) is 0 Å². The number of rotatable bonds is 2. The van der Waals surface area contributed by atoms with Crippen molar-refractivity contribution in [3.05, 3.63) is 28.2 Å². The van der Waals surface area contributed by atoms with E-state index in [9.17, 15) is 9.90 Å². The van der Waals surface area contributed by atoms with E-state index in [2.05, 4.69) is 15.9 Å². The number of hydrogen-bond donors (Lipinski definition) is 1. The molecule has 1 N–H and O–H groups in total. The van der Waals surface area contributed by atoms with Crippen LogP contribution in [0, 0.1) is 0 Å². The third-order valence-electron chi connectivity index (χ3n) is 3.13. The van der Waals surface area contributed by atoms with E-state index in [0.29, 0.717) is 19.0 Å². The van der Waals surface area contributed by atoms with Crippen LogP contribution < -0.4 is 0 Å². The fourth-order valence-corrected chi connectivity index (χ4v) is 2.58. The molecule has 1 aromatic rings. The number of benzene rings is 1. The molecule has 4 nitrogen and oxygen atoms in total. The average Bonchev–Trinajstić information content (AvgIpc) is 2.41. The van der Waals surface area contributed by atoms with Crippen LogP contribution in [-0.4, -0.2) is 47.1 Å². The molecule has 1 heterocycles. The Kier molecular flexibility index (Phi) is 4.71. The van der Waals surface area contributed by atoms with Gasteiger partial charge in [-0.3, -0.25) is 4.79 Å². The molecule has 1 aliphatic rings. The zero-order valence-electron chi connectivity index (χ0n) is 10.5. The van der Waals surface area contributed by atoms with Crippen molar-refractivity contribution in [3.8, 4) is 5.75 Å². The number of nitrogens with zero attached hydrogens (tertiary/aromatic N) is 1. The number of phenolic OH excluding ortho intramolecular Hbond substituents is 1. The minimum atomic E-state index is -0.204. The summed E-state index contributed by atoms with van der Waals surface area (Å²) in [7, 11) is 0. The molecular weight excluding hydrogens is 334 g/mol. The number of alkyl halides is 1. The summed E-state index contributed by atoms with van der Waals surface area (Å²) in [6.45, 7) is 2.81. The molecule has 19 heavy (non-hydrogen) atoms. The highest BCUT2D eigenvalue weighted by atomic mass is 79.9. The molecule has 0 bridgehead atoms. The van der Waals surface area contributed by atoms with E-state index in [0.717, 1.165) is 4.47 Å². The van der Waals surface area contributed by atoms with Crippen molar-refractivity contribution in [2.45, 2.75) is 19.1 Å². The molecule has 1 fully saturated rings. The Morgan fingerprint density at radius 2 is 2.37 bits per heavy atom. The van der Waals surface area contributed by atoms with Crippen molar-refractivity contribution >= 4 is 33.4 Å². The van der Waals surface area contributed by atoms with E-state index >= 15 is 0 Å². The monoisotopic (exact) mass is 347 g/mol. The van der Waals surface area contributed by atoms with Gasteiger partial charge in [-0.15, -0.1) is 11.6 Å². The first-order valence-electron chi connectivity index (χ1n) is 6.00. The summed E-state index contributed by atoms with van der Waals surface area (Å²) in [6, 6.07) is 4.78. The molecule has 6 heteroatoms. The van der Waals surface area contributed by atoms with Crippen molar-refractivity contribution in [2.75, 3.05) is 19.0 Å². The van der Waals surface area contributed by atoms with Gasteiger partial charge in [-0.25, -0.2) is 0 Å². The Balaban J connectivity index is 2.24. The van der Waals surface area contributed by atoms with Crippen LogP contribution >= 0.6 is 27.5 Å². The highest BCUT2D eigenvalue weighted by molar-refractivity contribution is 9.10. The molecule has 0 radical (unpaired) electrons. The van der Waals surface area contributed by atoms with Gasteiger partial charge < -0.3 is 14.7 Å². The van der Waals surface area contributed by atoms with Crippen LogP contribution in [0.5, 0.6) is 5.75 Å². The highest BCUT2D eigenvalue weighted by Crippen LogP contribution is 2.25. The van der Waals surface area contributed by atoms with Crippen LogP contribution in [0.15, 0.2) is 22.7 Å². The Morgan fingerprint density at radius 3 is 3.05 bits per heavy atom. The Morgan fingerprint density at radius 1 is 1.63 bits per heavy atom. The molecular formula is C13H15BrClNO3. The summed E-state index contributed by atoms with van der Waals surface area (Å²) in [5.41, 5.74) is 0.288. The van der Waals surface area contributed by atoms with Crippen molar-refractivity contribution in [1.82, 2.24) is 4.90 Å². The molecule has 2 unspecified atom stereocenters. The van der Waals surface area contributed by atoms with Crippen molar-refractivity contribution < 1.29 is 14.6 Å². The maximum Gasteiger partial charge on any atom is 0.258 e. The van der Waals surface area contributed by atoms with E-state index in [1.54, 1.807) is 17.0 Å². The average molecular weight is 349 g/mol. The first kappa shape index (κ1) is 14.6. The lowest BCUT2D eigenvalue weighted by Gasteiger charge is -2.37. The SMILES string of the molecule is CC1COC(CCl)CN1C(=O)c1cc(Br)ccc1O. The van der Waals surface area contributed by atoms with E-state index in [4.69, 9.17) is 16.3 Å². The summed E-state index contributed by atoms with van der Waals surface area (Å²) in [5.74, 6) is 0.125. The first-order chi connectivity index (χ1) is 9.02. The minimum Gasteiger partial charge on any atom is -0.507 e. The van der Waals surface area contributed by atoms with Gasteiger partial charge in [0.25, 0.3) is 5.91 Å². The normalized spacial score (nSPS) is 23.4.